The molecule has 57 heavy (non-hydrogen) atoms. The number of rotatable bonds is 8. The van der Waals surface area contributed by atoms with Crippen LogP contribution in [0.3, 0.4) is 0 Å². The van der Waals surface area contributed by atoms with E-state index in [-0.39, 0.29) is 39.2 Å². The zero-order valence-electron chi connectivity index (χ0n) is 29.6. The fourth-order valence-electron chi connectivity index (χ4n) is 5.03. The summed E-state index contributed by atoms with van der Waals surface area (Å²) in [5.41, 5.74) is 29.4. The summed E-state index contributed by atoms with van der Waals surface area (Å²) >= 11 is 0. The minimum Gasteiger partial charge on any atom is -0.478 e. The summed E-state index contributed by atoms with van der Waals surface area (Å²) < 4.78 is 0. The van der Waals surface area contributed by atoms with Crippen molar-refractivity contribution in [2.45, 2.75) is 12.1 Å². The van der Waals surface area contributed by atoms with E-state index in [1.807, 2.05) is 0 Å². The lowest BCUT2D eigenvalue weighted by Gasteiger charge is -2.29. The molecule has 0 fully saturated rings. The van der Waals surface area contributed by atoms with Crippen LogP contribution in [-0.4, -0.2) is 77.7 Å². The van der Waals surface area contributed by atoms with Crippen LogP contribution in [0.1, 0.15) is 63.5 Å². The summed E-state index contributed by atoms with van der Waals surface area (Å²) in [6.45, 7) is -0.545. The van der Waals surface area contributed by atoms with Crippen LogP contribution in [0.5, 0.6) is 0 Å². The van der Waals surface area contributed by atoms with E-state index in [0.717, 1.165) is 17.0 Å². The molecule has 0 bridgehead atoms. The van der Waals surface area contributed by atoms with Gasteiger partial charge in [-0.05, 0) is 84.4 Å². The summed E-state index contributed by atoms with van der Waals surface area (Å²) in [5, 5.41) is 56.1. The predicted molar refractivity (Wildman–Crippen MR) is 208 cm³/mol. The number of aliphatic hydroxyl groups is 2. The fraction of sp³-hybridized carbons (Fsp3) is 0.0789. The molecule has 15 N–H and O–H groups in total. The van der Waals surface area contributed by atoms with Crippen molar-refractivity contribution in [3.8, 4) is 0 Å². The standard InChI is InChI=1S/C17H16N2O4.C7H6N2O4.C7H8N2O2.C7H7NO2/c18-11-7-5-10(6-8-11)15(21)14(9-20)19-16(22)12-3-1-2-4-13(12)17(19)23;8-4-1-2-5(7(10)11)6(3-4)9(12)13;8-4-1-2-5(7(10)11)6(9)3-4;8-6-3-1-5(2-4-6)7(9)10/h1-8,14-15,20-21H,9,18H2;1-3H,8H2,(H,10,11);1-3H,8-9H2,(H,10,11);1-4H,8H2,(H,9,10). The van der Waals surface area contributed by atoms with Gasteiger partial charge in [0.25, 0.3) is 17.5 Å². The molecule has 6 rings (SSSR count). The molecule has 0 aromatic heterocycles. The summed E-state index contributed by atoms with van der Waals surface area (Å²) in [6, 6.07) is 25.6. The maximum atomic E-state index is 12.5. The SMILES string of the molecule is Nc1ccc(C(=O)O)c(N)c1.Nc1ccc(C(=O)O)c([N+](=O)[O-])c1.Nc1ccc(C(=O)O)cc1.Nc1ccc(C(O)C(CO)N2C(=O)c3ccccc3C2=O)cc1. The van der Waals surface area contributed by atoms with Gasteiger partial charge in [-0.25, -0.2) is 14.4 Å². The number of benzene rings is 5. The van der Waals surface area contributed by atoms with Gasteiger partial charge in [0.05, 0.1) is 39.8 Å². The minimum atomic E-state index is -1.34. The largest absolute Gasteiger partial charge is 0.478 e. The quantitative estimate of drug-likeness (QED) is 0.0466. The molecule has 19 nitrogen and oxygen atoms in total. The highest BCUT2D eigenvalue weighted by Crippen LogP contribution is 2.30. The predicted octanol–water partition coefficient (Wildman–Crippen LogP) is 3.35. The van der Waals surface area contributed by atoms with Gasteiger partial charge in [0.1, 0.15) is 11.7 Å². The van der Waals surface area contributed by atoms with Crippen molar-refractivity contribution >= 4 is 63.8 Å². The molecular formula is C38H37N7O12. The number of aromatic carboxylic acids is 3. The van der Waals surface area contributed by atoms with Crippen LogP contribution >= 0.6 is 0 Å². The van der Waals surface area contributed by atoms with Gasteiger partial charge in [-0.1, -0.05) is 24.3 Å². The first-order valence-corrected chi connectivity index (χ1v) is 16.2. The first-order chi connectivity index (χ1) is 26.9. The second-order valence-electron chi connectivity index (χ2n) is 11.8. The second kappa shape index (κ2) is 19.3. The molecule has 0 saturated heterocycles. The van der Waals surface area contributed by atoms with Crippen molar-refractivity contribution in [1.82, 2.24) is 4.90 Å². The second-order valence-corrected chi connectivity index (χ2v) is 11.8. The number of imide groups is 1. The number of hydrogen-bond donors (Lipinski definition) is 10. The molecule has 1 aliphatic rings. The fourth-order valence-corrected chi connectivity index (χ4v) is 5.03. The van der Waals surface area contributed by atoms with E-state index in [2.05, 4.69) is 0 Å². The molecule has 296 valence electrons. The lowest BCUT2D eigenvalue weighted by atomic mass is 10.0. The van der Waals surface area contributed by atoms with E-state index in [0.29, 0.717) is 22.6 Å². The van der Waals surface area contributed by atoms with E-state index >= 15 is 0 Å². The van der Waals surface area contributed by atoms with Gasteiger partial charge in [-0.15, -0.1) is 0 Å². The Balaban J connectivity index is 0.000000219. The van der Waals surface area contributed by atoms with Crippen LogP contribution in [0, 0.1) is 10.1 Å². The van der Waals surface area contributed by atoms with Crippen molar-refractivity contribution < 1.29 is 54.4 Å². The summed E-state index contributed by atoms with van der Waals surface area (Å²) in [5.74, 6) is -4.34. The average molecular weight is 784 g/mol. The molecule has 0 radical (unpaired) electrons. The number of anilines is 5. The number of carboxylic acid groups (broad SMARTS) is 3. The van der Waals surface area contributed by atoms with Gasteiger partial charge in [-0.3, -0.25) is 24.6 Å². The maximum absolute atomic E-state index is 12.5. The highest BCUT2D eigenvalue weighted by molar-refractivity contribution is 6.21. The summed E-state index contributed by atoms with van der Waals surface area (Å²) in [4.78, 5) is 66.6. The first-order valence-electron chi connectivity index (χ1n) is 16.2. The molecule has 2 unspecified atom stereocenters. The Labute approximate surface area is 322 Å². The molecule has 0 aliphatic carbocycles. The molecule has 0 spiro atoms. The number of nitrogens with zero attached hydrogens (tertiary/aromatic N) is 2. The average Bonchev–Trinajstić information content (AvgIpc) is 3.41. The monoisotopic (exact) mass is 783 g/mol. The zero-order valence-corrected chi connectivity index (χ0v) is 29.6. The lowest BCUT2D eigenvalue weighted by Crippen LogP contribution is -2.45. The Kier molecular flexibility index (Phi) is 14.7. The number of hydrogen-bond acceptors (Lipinski definition) is 14. The van der Waals surface area contributed by atoms with Gasteiger partial charge in [-0.2, -0.15) is 0 Å². The van der Waals surface area contributed by atoms with Crippen molar-refractivity contribution in [2.75, 3.05) is 35.3 Å². The van der Waals surface area contributed by atoms with Crippen LogP contribution in [0.4, 0.5) is 34.1 Å². The number of nitrogen functional groups attached to an aromatic ring is 5. The third-order valence-corrected chi connectivity index (χ3v) is 7.90. The number of aliphatic hydroxyl groups excluding tert-OH is 2. The molecule has 2 atom stereocenters. The smallest absolute Gasteiger partial charge is 0.342 e. The number of amides is 2. The molecule has 1 aliphatic heterocycles. The topological polar surface area (TPSA) is 363 Å². The van der Waals surface area contributed by atoms with Crippen molar-refractivity contribution in [2.24, 2.45) is 0 Å². The van der Waals surface area contributed by atoms with Crippen molar-refractivity contribution in [3.05, 3.63) is 153 Å². The van der Waals surface area contributed by atoms with Crippen molar-refractivity contribution in [1.29, 1.82) is 0 Å². The van der Waals surface area contributed by atoms with Gasteiger partial charge < -0.3 is 54.2 Å². The molecule has 2 amide bonds. The van der Waals surface area contributed by atoms with Crippen LogP contribution in [0.2, 0.25) is 0 Å². The van der Waals surface area contributed by atoms with Gasteiger partial charge in [0.2, 0.25) is 0 Å². The Morgan fingerprint density at radius 1 is 0.632 bits per heavy atom. The van der Waals surface area contributed by atoms with Crippen LogP contribution in [0.25, 0.3) is 0 Å². The molecule has 5 aromatic carbocycles. The number of carbonyl (C=O) groups is 5. The number of nitro benzene ring substituents is 1. The summed E-state index contributed by atoms with van der Waals surface area (Å²) in [7, 11) is 0. The lowest BCUT2D eigenvalue weighted by molar-refractivity contribution is -0.385. The van der Waals surface area contributed by atoms with Crippen LogP contribution in [0.15, 0.2) is 109 Å². The third kappa shape index (κ3) is 11.2. The van der Waals surface area contributed by atoms with Crippen LogP contribution < -0.4 is 28.7 Å². The van der Waals surface area contributed by atoms with E-state index in [1.54, 1.807) is 60.7 Å². The third-order valence-electron chi connectivity index (χ3n) is 7.90. The zero-order chi connectivity index (χ0) is 42.6. The Morgan fingerprint density at radius 2 is 1.07 bits per heavy atom. The summed E-state index contributed by atoms with van der Waals surface area (Å²) in [6.07, 6.45) is -1.21. The van der Waals surface area contributed by atoms with E-state index in [4.69, 9.17) is 44.0 Å². The molecule has 1 heterocycles. The minimum absolute atomic E-state index is 0.0826. The Bertz CT molecular complexity index is 2250. The highest BCUT2D eigenvalue weighted by atomic mass is 16.6. The van der Waals surface area contributed by atoms with E-state index in [1.165, 1.54) is 36.4 Å². The normalized spacial score (nSPS) is 12.2. The Hall–Kier alpha value is -8.03. The number of fused-ring (bicyclic) bond motifs is 1. The van der Waals surface area contributed by atoms with Gasteiger partial charge in [0.15, 0.2) is 0 Å². The number of carboxylic acids is 3. The van der Waals surface area contributed by atoms with Gasteiger partial charge >= 0.3 is 17.9 Å². The molecule has 5 aromatic rings. The first kappa shape index (κ1) is 43.4. The molecule has 0 saturated carbocycles. The van der Waals surface area contributed by atoms with Crippen LogP contribution in [-0.2, 0) is 0 Å². The number of carbonyl (C=O) groups excluding carboxylic acids is 2. The van der Waals surface area contributed by atoms with Crippen molar-refractivity contribution in [3.63, 3.8) is 0 Å². The van der Waals surface area contributed by atoms with E-state index < -0.39 is 59.1 Å². The maximum Gasteiger partial charge on any atom is 0.342 e. The number of nitrogens with two attached hydrogens (primary N) is 5. The van der Waals surface area contributed by atoms with E-state index in [9.17, 15) is 44.3 Å². The highest BCUT2D eigenvalue weighted by Gasteiger charge is 2.42. The number of nitro groups is 1. The van der Waals surface area contributed by atoms with Gasteiger partial charge in [0, 0.05) is 34.5 Å². The molecule has 19 heteroatoms. The molecular weight excluding hydrogens is 746 g/mol. The Morgan fingerprint density at radius 3 is 1.49 bits per heavy atom.